The molecular formula is C22H21BrN2OS. The van der Waals surface area contributed by atoms with E-state index in [1.54, 1.807) is 11.3 Å². The monoisotopic (exact) mass is 440 g/mol. The molecule has 0 radical (unpaired) electrons. The lowest BCUT2D eigenvalue weighted by Crippen LogP contribution is -2.40. The van der Waals surface area contributed by atoms with Gasteiger partial charge in [-0.3, -0.25) is 9.69 Å². The van der Waals surface area contributed by atoms with Gasteiger partial charge in [-0.1, -0.05) is 46.3 Å². The van der Waals surface area contributed by atoms with Crippen LogP contribution >= 0.6 is 27.3 Å². The average molecular weight is 441 g/mol. The van der Waals surface area contributed by atoms with Crippen LogP contribution in [0.1, 0.15) is 32.4 Å². The predicted octanol–water partition coefficient (Wildman–Crippen LogP) is 5.04. The maximum absolute atomic E-state index is 12.6. The second-order valence-corrected chi connectivity index (χ2v) is 8.63. The zero-order valence-corrected chi connectivity index (χ0v) is 17.3. The third-order valence-electron chi connectivity index (χ3n) is 5.03. The highest BCUT2D eigenvalue weighted by atomic mass is 79.9. The van der Waals surface area contributed by atoms with Crippen LogP contribution in [0, 0.1) is 0 Å². The van der Waals surface area contributed by atoms with E-state index in [-0.39, 0.29) is 11.9 Å². The standard InChI is InChI=1S/C22H21BrN2OS/c23-19-9-7-17(8-10-19)22(26)24-14-20(21-6-3-13-27-21)25-12-11-16-4-1-2-5-18(16)15-25/h1-10,13,20H,11-12,14-15H2,(H,24,26)/t20-/m1/s1. The van der Waals surface area contributed by atoms with Crippen LogP contribution in [0.15, 0.2) is 70.5 Å². The van der Waals surface area contributed by atoms with Crippen LogP contribution < -0.4 is 5.32 Å². The highest BCUT2D eigenvalue weighted by Crippen LogP contribution is 2.30. The van der Waals surface area contributed by atoms with Crippen LogP contribution in [0.5, 0.6) is 0 Å². The molecule has 1 aromatic heterocycles. The van der Waals surface area contributed by atoms with Gasteiger partial charge in [0.25, 0.3) is 5.91 Å². The lowest BCUT2D eigenvalue weighted by molar-refractivity contribution is 0.0929. The van der Waals surface area contributed by atoms with E-state index in [0.29, 0.717) is 12.1 Å². The Labute approximate surface area is 172 Å². The molecule has 0 fully saturated rings. The molecule has 1 aliphatic rings. The van der Waals surface area contributed by atoms with Crippen molar-refractivity contribution in [3.05, 3.63) is 92.1 Å². The van der Waals surface area contributed by atoms with Crippen molar-refractivity contribution in [3.8, 4) is 0 Å². The SMILES string of the molecule is O=C(NC[C@H](c1cccs1)N1CCc2ccccc2C1)c1ccc(Br)cc1. The quantitative estimate of drug-likeness (QED) is 0.602. The number of benzene rings is 2. The topological polar surface area (TPSA) is 32.3 Å². The summed E-state index contributed by atoms with van der Waals surface area (Å²) in [7, 11) is 0. The van der Waals surface area contributed by atoms with Crippen LogP contribution in [0.4, 0.5) is 0 Å². The van der Waals surface area contributed by atoms with E-state index >= 15 is 0 Å². The third-order valence-corrected chi connectivity index (χ3v) is 6.54. The molecule has 1 amide bonds. The number of hydrogen-bond acceptors (Lipinski definition) is 3. The van der Waals surface area contributed by atoms with E-state index < -0.39 is 0 Å². The van der Waals surface area contributed by atoms with Crippen LogP contribution in [-0.4, -0.2) is 23.9 Å². The van der Waals surface area contributed by atoms with Crippen molar-refractivity contribution in [1.82, 2.24) is 10.2 Å². The Morgan fingerprint density at radius 3 is 2.59 bits per heavy atom. The maximum atomic E-state index is 12.6. The molecular weight excluding hydrogens is 420 g/mol. The first kappa shape index (κ1) is 18.4. The van der Waals surface area contributed by atoms with E-state index in [1.807, 2.05) is 24.3 Å². The lowest BCUT2D eigenvalue weighted by Gasteiger charge is -2.35. The molecule has 1 aliphatic heterocycles. The zero-order chi connectivity index (χ0) is 18.6. The van der Waals surface area contributed by atoms with Gasteiger partial charge in [0.15, 0.2) is 0 Å². The van der Waals surface area contributed by atoms with Crippen LogP contribution in [0.25, 0.3) is 0 Å². The van der Waals surface area contributed by atoms with Crippen LogP contribution in [0.2, 0.25) is 0 Å². The molecule has 2 aromatic carbocycles. The Kier molecular flexibility index (Phi) is 5.72. The normalized spacial score (nSPS) is 15.1. The smallest absolute Gasteiger partial charge is 0.251 e. The van der Waals surface area contributed by atoms with Crippen LogP contribution in [-0.2, 0) is 13.0 Å². The number of fused-ring (bicyclic) bond motifs is 1. The minimum atomic E-state index is -0.0264. The third kappa shape index (κ3) is 4.32. The van der Waals surface area contributed by atoms with Crippen molar-refractivity contribution in [1.29, 1.82) is 0 Å². The summed E-state index contributed by atoms with van der Waals surface area (Å²) in [5, 5.41) is 5.25. The molecule has 1 atom stereocenters. The molecule has 2 heterocycles. The van der Waals surface area contributed by atoms with Crippen molar-refractivity contribution in [2.75, 3.05) is 13.1 Å². The number of carbonyl (C=O) groups excluding carboxylic acids is 1. The highest BCUT2D eigenvalue weighted by molar-refractivity contribution is 9.10. The van der Waals surface area contributed by atoms with Gasteiger partial charge in [0.2, 0.25) is 0 Å². The number of thiophene rings is 1. The molecule has 5 heteroatoms. The number of amides is 1. The maximum Gasteiger partial charge on any atom is 0.251 e. The largest absolute Gasteiger partial charge is 0.350 e. The zero-order valence-electron chi connectivity index (χ0n) is 14.9. The minimum absolute atomic E-state index is 0.0264. The number of halogens is 1. The average Bonchev–Trinajstić information content (AvgIpc) is 3.23. The van der Waals surface area contributed by atoms with Gasteiger partial charge in [-0.2, -0.15) is 0 Å². The summed E-state index contributed by atoms with van der Waals surface area (Å²) in [6.07, 6.45) is 1.05. The number of rotatable bonds is 5. The first-order chi connectivity index (χ1) is 13.2. The summed E-state index contributed by atoms with van der Waals surface area (Å²) in [6, 6.07) is 20.6. The summed E-state index contributed by atoms with van der Waals surface area (Å²) < 4.78 is 0.975. The minimum Gasteiger partial charge on any atom is -0.350 e. The van der Waals surface area contributed by atoms with Crippen molar-refractivity contribution in [3.63, 3.8) is 0 Å². The van der Waals surface area contributed by atoms with Crippen molar-refractivity contribution < 1.29 is 4.79 Å². The molecule has 0 aliphatic carbocycles. The Balaban J connectivity index is 1.49. The van der Waals surface area contributed by atoms with Crippen molar-refractivity contribution in [2.24, 2.45) is 0 Å². The molecule has 0 spiro atoms. The Morgan fingerprint density at radius 1 is 1.07 bits per heavy atom. The summed E-state index contributed by atoms with van der Waals surface area (Å²) in [5.41, 5.74) is 3.52. The van der Waals surface area contributed by atoms with E-state index in [0.717, 1.165) is 24.0 Å². The first-order valence-electron chi connectivity index (χ1n) is 9.09. The van der Waals surface area contributed by atoms with E-state index in [9.17, 15) is 4.79 Å². The molecule has 3 nitrogen and oxygen atoms in total. The summed E-state index contributed by atoms with van der Waals surface area (Å²) >= 11 is 5.17. The molecule has 1 N–H and O–H groups in total. The summed E-state index contributed by atoms with van der Waals surface area (Å²) in [6.45, 7) is 2.54. The van der Waals surface area contributed by atoms with Gasteiger partial charge in [0, 0.05) is 34.5 Å². The second kappa shape index (κ2) is 8.38. The Bertz CT molecular complexity index is 908. The summed E-state index contributed by atoms with van der Waals surface area (Å²) in [5.74, 6) is -0.0264. The molecule has 0 unspecified atom stereocenters. The molecule has 138 valence electrons. The molecule has 4 rings (SSSR count). The van der Waals surface area contributed by atoms with Gasteiger partial charge in [-0.25, -0.2) is 0 Å². The molecule has 27 heavy (non-hydrogen) atoms. The van der Waals surface area contributed by atoms with Crippen molar-refractivity contribution in [2.45, 2.75) is 19.0 Å². The highest BCUT2D eigenvalue weighted by Gasteiger charge is 2.26. The molecule has 0 bridgehead atoms. The number of carbonyl (C=O) groups is 1. The van der Waals surface area contributed by atoms with Gasteiger partial charge in [0.05, 0.1) is 6.04 Å². The van der Waals surface area contributed by atoms with Crippen LogP contribution in [0.3, 0.4) is 0 Å². The van der Waals surface area contributed by atoms with Gasteiger partial charge in [-0.05, 0) is 53.3 Å². The van der Waals surface area contributed by atoms with Gasteiger partial charge in [-0.15, -0.1) is 11.3 Å². The summed E-state index contributed by atoms with van der Waals surface area (Å²) in [4.78, 5) is 16.3. The molecule has 3 aromatic rings. The number of nitrogens with zero attached hydrogens (tertiary/aromatic N) is 1. The first-order valence-corrected chi connectivity index (χ1v) is 10.8. The Morgan fingerprint density at radius 2 is 1.85 bits per heavy atom. The van der Waals surface area contributed by atoms with Crippen molar-refractivity contribution >= 4 is 33.2 Å². The second-order valence-electron chi connectivity index (χ2n) is 6.74. The number of nitrogens with one attached hydrogen (secondary N) is 1. The van der Waals surface area contributed by atoms with E-state index in [2.05, 4.69) is 67.9 Å². The van der Waals surface area contributed by atoms with E-state index in [4.69, 9.17) is 0 Å². The van der Waals surface area contributed by atoms with Gasteiger partial charge in [0.1, 0.15) is 0 Å². The number of hydrogen-bond donors (Lipinski definition) is 1. The fourth-order valence-corrected chi connectivity index (χ4v) is 4.69. The van der Waals surface area contributed by atoms with Gasteiger partial charge >= 0.3 is 0 Å². The fourth-order valence-electron chi connectivity index (χ4n) is 3.57. The lowest BCUT2D eigenvalue weighted by atomic mass is 9.98. The van der Waals surface area contributed by atoms with E-state index in [1.165, 1.54) is 16.0 Å². The fraction of sp³-hybridized carbons (Fsp3) is 0.227. The Hall–Kier alpha value is -1.95. The molecule has 0 saturated carbocycles. The van der Waals surface area contributed by atoms with Gasteiger partial charge < -0.3 is 5.32 Å². The molecule has 0 saturated heterocycles. The predicted molar refractivity (Wildman–Crippen MR) is 114 cm³/mol.